The van der Waals surface area contributed by atoms with Crippen LogP contribution in [0.2, 0.25) is 0 Å². The number of nitrogens with one attached hydrogen (secondary N) is 2. The molecule has 0 radical (unpaired) electrons. The van der Waals surface area contributed by atoms with Crippen molar-refractivity contribution in [2.24, 2.45) is 0 Å². The minimum Gasteiger partial charge on any atom is -0.351 e. The summed E-state index contributed by atoms with van der Waals surface area (Å²) in [6.45, 7) is 1.43. The van der Waals surface area contributed by atoms with Crippen LogP contribution in [0, 0.1) is 0 Å². The smallest absolute Gasteiger partial charge is 0.267 e. The molecule has 0 aliphatic carbocycles. The molecule has 0 aromatic heterocycles. The van der Waals surface area contributed by atoms with Gasteiger partial charge >= 0.3 is 0 Å². The van der Waals surface area contributed by atoms with Gasteiger partial charge in [0.1, 0.15) is 5.70 Å². The van der Waals surface area contributed by atoms with E-state index in [1.54, 1.807) is 30.3 Å². The number of nitrogens with zero attached hydrogens (tertiary/aromatic N) is 1. The van der Waals surface area contributed by atoms with Gasteiger partial charge in [-0.05, 0) is 50.8 Å². The van der Waals surface area contributed by atoms with Gasteiger partial charge in [-0.15, -0.1) is 0 Å². The summed E-state index contributed by atoms with van der Waals surface area (Å²) in [5.74, 6) is -0.604. The van der Waals surface area contributed by atoms with E-state index in [-0.39, 0.29) is 17.5 Å². The van der Waals surface area contributed by atoms with Crippen LogP contribution in [0.1, 0.15) is 22.3 Å². The Balaban J connectivity index is 2.10. The Morgan fingerprint density at radius 1 is 0.962 bits per heavy atom. The fraction of sp³-hybridized carbons (Fsp3) is 0.238. The Morgan fingerprint density at radius 3 is 2.19 bits per heavy atom. The van der Waals surface area contributed by atoms with Gasteiger partial charge in [0, 0.05) is 12.1 Å². The summed E-state index contributed by atoms with van der Waals surface area (Å²) in [6.07, 6.45) is 2.52. The van der Waals surface area contributed by atoms with E-state index in [4.69, 9.17) is 0 Å². The van der Waals surface area contributed by atoms with Gasteiger partial charge in [-0.3, -0.25) is 9.59 Å². The van der Waals surface area contributed by atoms with Crippen LogP contribution in [0.4, 0.5) is 0 Å². The van der Waals surface area contributed by atoms with Crippen LogP contribution in [0.3, 0.4) is 0 Å². The SMILES string of the molecule is CN(C)CCCNC(=O)/C(=C/c1ccccc1)NC(=O)c1ccccc1. The lowest BCUT2D eigenvalue weighted by molar-refractivity contribution is -0.117. The Kier molecular flexibility index (Phi) is 7.58. The van der Waals surface area contributed by atoms with Crippen molar-refractivity contribution in [3.63, 3.8) is 0 Å². The minimum absolute atomic E-state index is 0.231. The van der Waals surface area contributed by atoms with Gasteiger partial charge in [0.15, 0.2) is 0 Å². The summed E-state index contributed by atoms with van der Waals surface area (Å²) in [7, 11) is 3.98. The van der Waals surface area contributed by atoms with Crippen molar-refractivity contribution in [2.75, 3.05) is 27.2 Å². The molecule has 0 aliphatic rings. The monoisotopic (exact) mass is 351 g/mol. The lowest BCUT2D eigenvalue weighted by Gasteiger charge is -2.13. The molecule has 0 fully saturated rings. The van der Waals surface area contributed by atoms with Crippen LogP contribution in [-0.4, -0.2) is 43.9 Å². The molecular formula is C21H25N3O2. The zero-order chi connectivity index (χ0) is 18.8. The summed E-state index contributed by atoms with van der Waals surface area (Å²) in [6, 6.07) is 18.3. The van der Waals surface area contributed by atoms with Gasteiger partial charge in [0.25, 0.3) is 11.8 Å². The fourth-order valence-corrected chi connectivity index (χ4v) is 2.35. The predicted octanol–water partition coefficient (Wildman–Crippen LogP) is 2.53. The Labute approximate surface area is 154 Å². The van der Waals surface area contributed by atoms with Crippen LogP contribution < -0.4 is 10.6 Å². The highest BCUT2D eigenvalue weighted by Gasteiger charge is 2.14. The molecule has 2 aromatic carbocycles. The lowest BCUT2D eigenvalue weighted by Crippen LogP contribution is -2.36. The highest BCUT2D eigenvalue weighted by Crippen LogP contribution is 2.07. The van der Waals surface area contributed by atoms with Crippen molar-refractivity contribution in [1.29, 1.82) is 0 Å². The van der Waals surface area contributed by atoms with Gasteiger partial charge in [0.05, 0.1) is 0 Å². The molecule has 5 heteroatoms. The Morgan fingerprint density at radius 2 is 1.58 bits per heavy atom. The summed E-state index contributed by atoms with van der Waals surface area (Å²) in [5.41, 5.74) is 1.58. The van der Waals surface area contributed by atoms with E-state index in [9.17, 15) is 9.59 Å². The number of carbonyl (C=O) groups excluding carboxylic acids is 2. The number of rotatable bonds is 8. The van der Waals surface area contributed by atoms with Crippen molar-refractivity contribution in [3.05, 3.63) is 77.5 Å². The van der Waals surface area contributed by atoms with E-state index in [0.29, 0.717) is 12.1 Å². The summed E-state index contributed by atoms with van der Waals surface area (Å²) in [4.78, 5) is 27.0. The first-order valence-electron chi connectivity index (χ1n) is 8.62. The van der Waals surface area contributed by atoms with Crippen molar-refractivity contribution in [3.8, 4) is 0 Å². The number of hydrogen-bond donors (Lipinski definition) is 2. The van der Waals surface area contributed by atoms with Gasteiger partial charge in [-0.25, -0.2) is 0 Å². The zero-order valence-electron chi connectivity index (χ0n) is 15.2. The largest absolute Gasteiger partial charge is 0.351 e. The maximum Gasteiger partial charge on any atom is 0.267 e. The molecule has 2 rings (SSSR count). The Hall–Kier alpha value is -2.92. The number of hydrogen-bond acceptors (Lipinski definition) is 3. The first kappa shape index (κ1) is 19.4. The second kappa shape index (κ2) is 10.2. The first-order valence-corrected chi connectivity index (χ1v) is 8.62. The molecule has 0 atom stereocenters. The molecule has 0 saturated heterocycles. The van der Waals surface area contributed by atoms with Gasteiger partial charge < -0.3 is 15.5 Å². The van der Waals surface area contributed by atoms with E-state index >= 15 is 0 Å². The third-order valence-corrected chi connectivity index (χ3v) is 3.71. The molecule has 5 nitrogen and oxygen atoms in total. The van der Waals surface area contributed by atoms with Gasteiger partial charge in [0.2, 0.25) is 0 Å². The zero-order valence-corrected chi connectivity index (χ0v) is 15.2. The van der Waals surface area contributed by atoms with Gasteiger partial charge in [-0.1, -0.05) is 48.5 Å². The molecular weight excluding hydrogens is 326 g/mol. The average molecular weight is 351 g/mol. The topological polar surface area (TPSA) is 61.4 Å². The van der Waals surface area contributed by atoms with Crippen molar-refractivity contribution in [1.82, 2.24) is 15.5 Å². The number of carbonyl (C=O) groups is 2. The first-order chi connectivity index (χ1) is 12.6. The summed E-state index contributed by atoms with van der Waals surface area (Å²) >= 11 is 0. The van der Waals surface area contributed by atoms with Crippen LogP contribution in [0.15, 0.2) is 66.4 Å². The van der Waals surface area contributed by atoms with Crippen LogP contribution in [-0.2, 0) is 4.79 Å². The van der Waals surface area contributed by atoms with E-state index in [0.717, 1.165) is 18.5 Å². The molecule has 2 aromatic rings. The Bertz CT molecular complexity index is 740. The summed E-state index contributed by atoms with van der Waals surface area (Å²) in [5, 5.41) is 5.60. The second-order valence-corrected chi connectivity index (χ2v) is 6.20. The maximum atomic E-state index is 12.6. The van der Waals surface area contributed by atoms with E-state index in [1.165, 1.54) is 0 Å². The molecule has 0 aliphatic heterocycles. The molecule has 26 heavy (non-hydrogen) atoms. The van der Waals surface area contributed by atoms with Crippen LogP contribution >= 0.6 is 0 Å². The highest BCUT2D eigenvalue weighted by molar-refractivity contribution is 6.05. The van der Waals surface area contributed by atoms with E-state index < -0.39 is 0 Å². The second-order valence-electron chi connectivity index (χ2n) is 6.20. The molecule has 2 N–H and O–H groups in total. The molecule has 0 unspecified atom stereocenters. The molecule has 2 amide bonds. The fourth-order valence-electron chi connectivity index (χ4n) is 2.35. The normalized spacial score (nSPS) is 11.3. The van der Waals surface area contributed by atoms with E-state index in [1.807, 2.05) is 50.5 Å². The lowest BCUT2D eigenvalue weighted by atomic mass is 10.1. The van der Waals surface area contributed by atoms with Crippen molar-refractivity contribution >= 4 is 17.9 Å². The number of amides is 2. The van der Waals surface area contributed by atoms with Crippen molar-refractivity contribution < 1.29 is 9.59 Å². The maximum absolute atomic E-state index is 12.6. The van der Waals surface area contributed by atoms with Crippen molar-refractivity contribution in [2.45, 2.75) is 6.42 Å². The molecule has 136 valence electrons. The molecule has 0 bridgehead atoms. The molecule has 0 heterocycles. The highest BCUT2D eigenvalue weighted by atomic mass is 16.2. The van der Waals surface area contributed by atoms with Crippen LogP contribution in [0.5, 0.6) is 0 Å². The third kappa shape index (κ3) is 6.53. The minimum atomic E-state index is -0.309. The third-order valence-electron chi connectivity index (χ3n) is 3.71. The average Bonchev–Trinajstić information content (AvgIpc) is 2.66. The molecule has 0 spiro atoms. The predicted molar refractivity (Wildman–Crippen MR) is 105 cm³/mol. The van der Waals surface area contributed by atoms with Crippen LogP contribution in [0.25, 0.3) is 6.08 Å². The molecule has 0 saturated carbocycles. The van der Waals surface area contributed by atoms with E-state index in [2.05, 4.69) is 15.5 Å². The quantitative estimate of drug-likeness (QED) is 0.567. The number of benzene rings is 2. The summed E-state index contributed by atoms with van der Waals surface area (Å²) < 4.78 is 0. The van der Waals surface area contributed by atoms with Gasteiger partial charge in [-0.2, -0.15) is 0 Å². The standard InChI is InChI=1S/C21H25N3O2/c1-24(2)15-9-14-22-21(26)19(16-17-10-5-3-6-11-17)23-20(25)18-12-7-4-8-13-18/h3-8,10-13,16H,9,14-15H2,1-2H3,(H,22,26)(H,23,25)/b19-16-.